The van der Waals surface area contributed by atoms with Gasteiger partial charge < -0.3 is 15.4 Å². The van der Waals surface area contributed by atoms with Crippen molar-refractivity contribution in [2.45, 2.75) is 38.8 Å². The number of ether oxygens (including phenoxy) is 1. The zero-order valence-corrected chi connectivity index (χ0v) is 16.6. The van der Waals surface area contributed by atoms with E-state index in [0.29, 0.717) is 17.2 Å². The van der Waals surface area contributed by atoms with E-state index >= 15 is 0 Å². The van der Waals surface area contributed by atoms with E-state index in [1.807, 2.05) is 20.8 Å². The average molecular weight is 430 g/mol. The maximum absolute atomic E-state index is 13.2. The minimum Gasteiger partial charge on any atom is -0.440 e. The zero-order valence-electron chi connectivity index (χ0n) is 16.6. The fourth-order valence-corrected chi connectivity index (χ4v) is 2.30. The Hall–Kier alpha value is -3.11. The summed E-state index contributed by atoms with van der Waals surface area (Å²) in [4.78, 5) is 23.4. The molecule has 0 saturated heterocycles. The van der Waals surface area contributed by atoms with Gasteiger partial charge in [-0.3, -0.25) is 4.79 Å². The molecule has 2 N–H and O–H groups in total. The first kappa shape index (κ1) is 23.2. The van der Waals surface area contributed by atoms with Crippen molar-refractivity contribution < 1.29 is 31.9 Å². The van der Waals surface area contributed by atoms with Crippen LogP contribution < -0.4 is 10.6 Å². The number of aromatic nitrogens is 2. The lowest BCUT2D eigenvalue weighted by atomic mass is 9.92. The van der Waals surface area contributed by atoms with E-state index < -0.39 is 30.6 Å². The van der Waals surface area contributed by atoms with Gasteiger partial charge in [0.25, 0.3) is 0 Å². The Morgan fingerprint density at radius 3 is 2.33 bits per heavy atom. The van der Waals surface area contributed by atoms with Crippen LogP contribution in [0.1, 0.15) is 32.9 Å². The Kier molecular flexibility index (Phi) is 7.06. The number of nitrogens with one attached hydrogen (secondary N) is 2. The monoisotopic (exact) mass is 430 g/mol. The Labute approximate surface area is 170 Å². The van der Waals surface area contributed by atoms with Crippen molar-refractivity contribution in [1.82, 2.24) is 15.1 Å². The maximum Gasteiger partial charge on any atom is 0.422 e. The number of rotatable bonds is 6. The Balaban J connectivity index is 2.02. The highest BCUT2D eigenvalue weighted by Crippen LogP contribution is 2.26. The Bertz CT molecular complexity index is 887. The molecule has 0 radical (unpaired) electrons. The number of hydrogen-bond acceptors (Lipinski definition) is 4. The molecule has 0 aliphatic rings. The van der Waals surface area contributed by atoms with Crippen LogP contribution in [-0.4, -0.2) is 41.1 Å². The van der Waals surface area contributed by atoms with E-state index in [-0.39, 0.29) is 18.4 Å². The molecule has 2 rings (SSSR count). The van der Waals surface area contributed by atoms with Crippen LogP contribution in [0.2, 0.25) is 0 Å². The summed E-state index contributed by atoms with van der Waals surface area (Å²) in [5.41, 5.74) is 0.876. The van der Waals surface area contributed by atoms with Crippen molar-refractivity contribution in [2.75, 3.05) is 18.5 Å². The van der Waals surface area contributed by atoms with Crippen LogP contribution in [-0.2, 0) is 14.9 Å². The molecule has 2 amide bonds. The van der Waals surface area contributed by atoms with Gasteiger partial charge >= 0.3 is 12.3 Å². The SMILES string of the molecule is CC(C)(C)c1cc(NC(=O)CCNC(=O)OCC(F)(F)F)n(-c2ccc(F)cc2)n1. The summed E-state index contributed by atoms with van der Waals surface area (Å²) in [6, 6.07) is 7.20. The van der Waals surface area contributed by atoms with E-state index in [1.165, 1.54) is 28.9 Å². The van der Waals surface area contributed by atoms with Gasteiger partial charge in [-0.25, -0.2) is 13.9 Å². The summed E-state index contributed by atoms with van der Waals surface area (Å²) < 4.78 is 54.6. The number of nitrogens with zero attached hydrogens (tertiary/aromatic N) is 2. The van der Waals surface area contributed by atoms with Gasteiger partial charge in [0.2, 0.25) is 5.91 Å². The van der Waals surface area contributed by atoms with Gasteiger partial charge in [-0.2, -0.15) is 18.3 Å². The van der Waals surface area contributed by atoms with Gasteiger partial charge in [-0.1, -0.05) is 20.8 Å². The molecule has 11 heteroatoms. The second kappa shape index (κ2) is 9.14. The number of carbonyl (C=O) groups excluding carboxylic acids is 2. The molecular weight excluding hydrogens is 408 g/mol. The van der Waals surface area contributed by atoms with Gasteiger partial charge in [0.15, 0.2) is 6.61 Å². The van der Waals surface area contributed by atoms with Crippen LogP contribution in [0.5, 0.6) is 0 Å². The first-order chi connectivity index (χ1) is 13.8. The van der Waals surface area contributed by atoms with Crippen LogP contribution in [0.4, 0.5) is 28.2 Å². The van der Waals surface area contributed by atoms with Crippen LogP contribution in [0, 0.1) is 5.82 Å². The lowest BCUT2D eigenvalue weighted by Gasteiger charge is -2.14. The summed E-state index contributed by atoms with van der Waals surface area (Å²) in [7, 11) is 0. The highest BCUT2D eigenvalue weighted by molar-refractivity contribution is 5.90. The third kappa shape index (κ3) is 7.05. The molecule has 7 nitrogen and oxygen atoms in total. The molecule has 1 aromatic heterocycles. The van der Waals surface area contributed by atoms with Crippen molar-refractivity contribution in [3.63, 3.8) is 0 Å². The maximum atomic E-state index is 13.2. The van der Waals surface area contributed by atoms with Gasteiger partial charge in [0, 0.05) is 24.4 Å². The van der Waals surface area contributed by atoms with Gasteiger partial charge in [0.1, 0.15) is 11.6 Å². The van der Waals surface area contributed by atoms with Crippen molar-refractivity contribution in [1.29, 1.82) is 0 Å². The van der Waals surface area contributed by atoms with E-state index in [2.05, 4.69) is 20.5 Å². The van der Waals surface area contributed by atoms with Crippen molar-refractivity contribution in [3.8, 4) is 5.69 Å². The third-order valence-electron chi connectivity index (χ3n) is 3.80. The second-order valence-corrected chi connectivity index (χ2v) is 7.47. The standard InChI is InChI=1S/C19H22F4N4O3/c1-18(2,3)14-10-15(27(26-14)13-6-4-12(20)5-7-13)25-16(28)8-9-24-17(29)30-11-19(21,22)23/h4-7,10H,8-9,11H2,1-3H3,(H,24,29)(H,25,28). The fraction of sp³-hybridized carbons (Fsp3) is 0.421. The number of alkyl carbamates (subject to hydrolysis) is 1. The molecule has 2 aromatic rings. The number of amides is 2. The normalized spacial score (nSPS) is 11.8. The Morgan fingerprint density at radius 1 is 1.13 bits per heavy atom. The predicted octanol–water partition coefficient (Wildman–Crippen LogP) is 3.93. The van der Waals surface area contributed by atoms with Crippen LogP contribution in [0.3, 0.4) is 0 Å². The molecule has 0 fully saturated rings. The molecular formula is C19H22F4N4O3. The molecule has 0 atom stereocenters. The lowest BCUT2D eigenvalue weighted by molar-refractivity contribution is -0.160. The number of benzene rings is 1. The summed E-state index contributed by atoms with van der Waals surface area (Å²) in [5.74, 6) is -0.595. The molecule has 30 heavy (non-hydrogen) atoms. The molecule has 0 aliphatic carbocycles. The molecule has 164 valence electrons. The number of carbonyl (C=O) groups is 2. The smallest absolute Gasteiger partial charge is 0.422 e. The molecule has 0 unspecified atom stereocenters. The van der Waals surface area contributed by atoms with Gasteiger partial charge in [-0.15, -0.1) is 0 Å². The molecule has 0 saturated carbocycles. The molecule has 1 heterocycles. The van der Waals surface area contributed by atoms with Crippen LogP contribution in [0.25, 0.3) is 5.69 Å². The summed E-state index contributed by atoms with van der Waals surface area (Å²) in [6.45, 7) is 3.88. The molecule has 0 aliphatic heterocycles. The Morgan fingerprint density at radius 2 is 1.77 bits per heavy atom. The van der Waals surface area contributed by atoms with Crippen molar-refractivity contribution >= 4 is 17.8 Å². The highest BCUT2D eigenvalue weighted by atomic mass is 19.4. The van der Waals surface area contributed by atoms with Crippen molar-refractivity contribution in [2.24, 2.45) is 0 Å². The van der Waals surface area contributed by atoms with E-state index in [0.717, 1.165) is 0 Å². The summed E-state index contributed by atoms with van der Waals surface area (Å²) >= 11 is 0. The first-order valence-electron chi connectivity index (χ1n) is 8.99. The summed E-state index contributed by atoms with van der Waals surface area (Å²) in [5, 5.41) is 9.18. The van der Waals surface area contributed by atoms with E-state index in [4.69, 9.17) is 0 Å². The molecule has 1 aromatic carbocycles. The van der Waals surface area contributed by atoms with Crippen molar-refractivity contribution in [3.05, 3.63) is 41.8 Å². The zero-order chi connectivity index (χ0) is 22.5. The third-order valence-corrected chi connectivity index (χ3v) is 3.80. The highest BCUT2D eigenvalue weighted by Gasteiger charge is 2.29. The van der Waals surface area contributed by atoms with Gasteiger partial charge in [-0.05, 0) is 24.3 Å². The average Bonchev–Trinajstić information content (AvgIpc) is 3.04. The lowest BCUT2D eigenvalue weighted by Crippen LogP contribution is -2.31. The fourth-order valence-electron chi connectivity index (χ4n) is 2.30. The summed E-state index contributed by atoms with van der Waals surface area (Å²) in [6.07, 6.45) is -6.11. The van der Waals surface area contributed by atoms with E-state index in [1.54, 1.807) is 6.07 Å². The minimum atomic E-state index is -4.63. The van der Waals surface area contributed by atoms with E-state index in [9.17, 15) is 27.2 Å². The topological polar surface area (TPSA) is 85.3 Å². The first-order valence-corrected chi connectivity index (χ1v) is 8.99. The largest absolute Gasteiger partial charge is 0.440 e. The van der Waals surface area contributed by atoms with Crippen LogP contribution in [0.15, 0.2) is 30.3 Å². The molecule has 0 spiro atoms. The van der Waals surface area contributed by atoms with Crippen LogP contribution >= 0.6 is 0 Å². The minimum absolute atomic E-state index is 0.208. The number of alkyl halides is 3. The van der Waals surface area contributed by atoms with Gasteiger partial charge in [0.05, 0.1) is 11.4 Å². The molecule has 0 bridgehead atoms. The predicted molar refractivity (Wildman–Crippen MR) is 101 cm³/mol. The second-order valence-electron chi connectivity index (χ2n) is 7.47. The quantitative estimate of drug-likeness (QED) is 0.681. The number of anilines is 1. The number of halogens is 4. The number of hydrogen-bond donors (Lipinski definition) is 2.